The number of para-hydroxylation sites is 1. The number of rotatable bonds is 9. The molecule has 1 atom stereocenters. The molecule has 38 heavy (non-hydrogen) atoms. The predicted molar refractivity (Wildman–Crippen MR) is 139 cm³/mol. The number of phenolic OH excluding ortho intramolecular Hbond substituents is 1. The molecule has 2 aromatic carbocycles. The van der Waals surface area contributed by atoms with Gasteiger partial charge in [0.15, 0.2) is 11.5 Å². The molecule has 2 heterocycles. The van der Waals surface area contributed by atoms with Gasteiger partial charge >= 0.3 is 0 Å². The largest absolute Gasteiger partial charge is 0.504 e. The third kappa shape index (κ3) is 5.49. The second kappa shape index (κ2) is 11.4. The number of hydrogen-bond donors (Lipinski definition) is 2. The van der Waals surface area contributed by atoms with Crippen LogP contribution in [0.2, 0.25) is 0 Å². The molecule has 0 saturated heterocycles. The van der Waals surface area contributed by atoms with E-state index in [2.05, 4.69) is 15.6 Å². The molecule has 0 aliphatic heterocycles. The number of hydrogen-bond acceptors (Lipinski definition) is 7. The van der Waals surface area contributed by atoms with Crippen molar-refractivity contribution in [1.29, 1.82) is 0 Å². The Kier molecular flexibility index (Phi) is 7.57. The quantitative estimate of drug-likeness (QED) is 0.345. The Hall–Kier alpha value is -4.34. The first-order chi connectivity index (χ1) is 18.5. The van der Waals surface area contributed by atoms with Gasteiger partial charge < -0.3 is 24.5 Å². The van der Waals surface area contributed by atoms with Crippen LogP contribution in [0.5, 0.6) is 11.5 Å². The maximum atomic E-state index is 13.9. The van der Waals surface area contributed by atoms with Gasteiger partial charge in [0.2, 0.25) is 11.8 Å². The Bertz CT molecular complexity index is 1390. The van der Waals surface area contributed by atoms with Crippen LogP contribution < -0.4 is 10.1 Å². The van der Waals surface area contributed by atoms with Gasteiger partial charge in [0.1, 0.15) is 23.9 Å². The molecule has 0 spiro atoms. The van der Waals surface area contributed by atoms with Gasteiger partial charge in [0.05, 0.1) is 25.4 Å². The van der Waals surface area contributed by atoms with Crippen LogP contribution in [-0.4, -0.2) is 50.0 Å². The Morgan fingerprint density at radius 2 is 1.97 bits per heavy atom. The minimum absolute atomic E-state index is 0.0328. The molecule has 2 N–H and O–H groups in total. The van der Waals surface area contributed by atoms with E-state index in [-0.39, 0.29) is 42.4 Å². The second-order valence-electron chi connectivity index (χ2n) is 9.51. The van der Waals surface area contributed by atoms with E-state index in [1.807, 2.05) is 24.3 Å². The average Bonchev–Trinajstić information content (AvgIpc) is 3.59. The Morgan fingerprint density at radius 1 is 1.16 bits per heavy atom. The Morgan fingerprint density at radius 3 is 2.71 bits per heavy atom. The number of fused-ring (bicyclic) bond motifs is 1. The Balaban J connectivity index is 1.52. The molecule has 2 amide bonds. The van der Waals surface area contributed by atoms with E-state index < -0.39 is 6.04 Å². The van der Waals surface area contributed by atoms with Crippen LogP contribution >= 0.6 is 0 Å². The lowest BCUT2D eigenvalue weighted by Gasteiger charge is -2.33. The standard InChI is InChI=1S/C28H31N5O5/c1-37-25-14-13-19(16-24(25)34)27(28(36)29-20-8-3-2-4-9-20)32(17-21-10-7-15-38-21)26(35)18-33-23-12-6-5-11-22(23)30-31-33/h5-7,10-16,20,27,34H,2-4,8-9,17-18H2,1H3,(H,29,36)/t27-/m1/s1. The van der Waals surface area contributed by atoms with E-state index in [4.69, 9.17) is 9.15 Å². The van der Waals surface area contributed by atoms with Crippen molar-refractivity contribution in [3.63, 3.8) is 0 Å². The summed E-state index contributed by atoms with van der Waals surface area (Å²) in [5.41, 5.74) is 1.84. The summed E-state index contributed by atoms with van der Waals surface area (Å²) in [5, 5.41) is 22.0. The molecular formula is C28H31N5O5. The van der Waals surface area contributed by atoms with Crippen molar-refractivity contribution < 1.29 is 23.8 Å². The third-order valence-corrected chi connectivity index (χ3v) is 6.96. The molecule has 4 aromatic rings. The number of aromatic hydroxyl groups is 1. The van der Waals surface area contributed by atoms with Gasteiger partial charge in [-0.3, -0.25) is 9.59 Å². The summed E-state index contributed by atoms with van der Waals surface area (Å²) in [4.78, 5) is 29.3. The Labute approximate surface area is 220 Å². The number of benzene rings is 2. The smallest absolute Gasteiger partial charge is 0.247 e. The zero-order chi connectivity index (χ0) is 26.5. The number of aromatic nitrogens is 3. The molecule has 1 aliphatic rings. The number of phenols is 1. The minimum atomic E-state index is -1.03. The van der Waals surface area contributed by atoms with Crippen LogP contribution in [0.3, 0.4) is 0 Å². The normalized spacial score (nSPS) is 14.8. The van der Waals surface area contributed by atoms with Gasteiger partial charge in [0, 0.05) is 6.04 Å². The predicted octanol–water partition coefficient (Wildman–Crippen LogP) is 3.96. The fourth-order valence-electron chi connectivity index (χ4n) is 5.02. The summed E-state index contributed by atoms with van der Waals surface area (Å²) in [7, 11) is 1.46. The molecule has 1 fully saturated rings. The van der Waals surface area contributed by atoms with Crippen molar-refractivity contribution in [3.05, 3.63) is 72.2 Å². The first-order valence-electron chi connectivity index (χ1n) is 12.8. The zero-order valence-corrected chi connectivity index (χ0v) is 21.2. The van der Waals surface area contributed by atoms with Crippen molar-refractivity contribution in [3.8, 4) is 11.5 Å². The van der Waals surface area contributed by atoms with E-state index in [1.54, 1.807) is 24.3 Å². The highest BCUT2D eigenvalue weighted by Gasteiger charge is 2.34. The van der Waals surface area contributed by atoms with Gasteiger partial charge in [-0.1, -0.05) is 42.7 Å². The lowest BCUT2D eigenvalue weighted by molar-refractivity contribution is -0.142. The number of amides is 2. The number of ether oxygens (including phenoxy) is 1. The summed E-state index contributed by atoms with van der Waals surface area (Å²) in [6, 6.07) is 14.6. The fourth-order valence-corrected chi connectivity index (χ4v) is 5.02. The molecule has 5 rings (SSSR count). The topological polar surface area (TPSA) is 123 Å². The van der Waals surface area contributed by atoms with Gasteiger partial charge in [-0.05, 0) is 54.8 Å². The lowest BCUT2D eigenvalue weighted by atomic mass is 9.94. The SMILES string of the molecule is COc1ccc([C@H](C(=O)NC2CCCCC2)N(Cc2ccco2)C(=O)Cn2nnc3ccccc32)cc1O. The van der Waals surface area contributed by atoms with Crippen molar-refractivity contribution in [2.75, 3.05) is 7.11 Å². The minimum Gasteiger partial charge on any atom is -0.504 e. The molecule has 198 valence electrons. The number of methoxy groups -OCH3 is 1. The summed E-state index contributed by atoms with van der Waals surface area (Å²) in [6.45, 7) is -0.0788. The molecule has 1 aliphatic carbocycles. The first kappa shape index (κ1) is 25.3. The number of carbonyl (C=O) groups excluding carboxylic acids is 2. The summed E-state index contributed by atoms with van der Waals surface area (Å²) in [5.74, 6) is 0.0160. The number of nitrogens with one attached hydrogen (secondary N) is 1. The van der Waals surface area contributed by atoms with Crippen LogP contribution in [0.4, 0.5) is 0 Å². The van der Waals surface area contributed by atoms with Crippen LogP contribution in [-0.2, 0) is 22.7 Å². The maximum absolute atomic E-state index is 13.9. The van der Waals surface area contributed by atoms with Crippen molar-refractivity contribution in [2.24, 2.45) is 0 Å². The average molecular weight is 518 g/mol. The highest BCUT2D eigenvalue weighted by Crippen LogP contribution is 2.33. The highest BCUT2D eigenvalue weighted by atomic mass is 16.5. The number of nitrogens with zero attached hydrogens (tertiary/aromatic N) is 4. The van der Waals surface area contributed by atoms with Crippen LogP contribution in [0, 0.1) is 0 Å². The molecule has 0 unspecified atom stereocenters. The molecule has 1 saturated carbocycles. The van der Waals surface area contributed by atoms with Crippen LogP contribution in [0.25, 0.3) is 11.0 Å². The maximum Gasteiger partial charge on any atom is 0.247 e. The van der Waals surface area contributed by atoms with Crippen molar-refractivity contribution in [2.45, 2.75) is 57.3 Å². The zero-order valence-electron chi connectivity index (χ0n) is 21.2. The molecule has 2 aromatic heterocycles. The number of carbonyl (C=O) groups is 2. The molecule has 0 bridgehead atoms. The summed E-state index contributed by atoms with van der Waals surface area (Å²) >= 11 is 0. The van der Waals surface area contributed by atoms with Gasteiger partial charge in [0.25, 0.3) is 0 Å². The third-order valence-electron chi connectivity index (χ3n) is 6.96. The van der Waals surface area contributed by atoms with Gasteiger partial charge in [-0.15, -0.1) is 5.10 Å². The fraction of sp³-hybridized carbons (Fsp3) is 0.357. The molecular weight excluding hydrogens is 486 g/mol. The molecule has 10 nitrogen and oxygen atoms in total. The monoisotopic (exact) mass is 517 g/mol. The van der Waals surface area contributed by atoms with Crippen LogP contribution in [0.15, 0.2) is 65.3 Å². The van der Waals surface area contributed by atoms with Gasteiger partial charge in [-0.25, -0.2) is 4.68 Å². The van der Waals surface area contributed by atoms with E-state index in [9.17, 15) is 14.7 Å². The molecule has 0 radical (unpaired) electrons. The van der Waals surface area contributed by atoms with Crippen molar-refractivity contribution in [1.82, 2.24) is 25.2 Å². The summed E-state index contributed by atoms with van der Waals surface area (Å²) < 4.78 is 12.3. The molecule has 10 heteroatoms. The second-order valence-corrected chi connectivity index (χ2v) is 9.51. The number of furan rings is 1. The van der Waals surface area contributed by atoms with Gasteiger partial charge in [-0.2, -0.15) is 0 Å². The van der Waals surface area contributed by atoms with Crippen molar-refractivity contribution >= 4 is 22.8 Å². The van der Waals surface area contributed by atoms with E-state index in [1.165, 1.54) is 29.0 Å². The van der Waals surface area contributed by atoms with E-state index >= 15 is 0 Å². The first-order valence-corrected chi connectivity index (χ1v) is 12.8. The van der Waals surface area contributed by atoms with E-state index in [0.29, 0.717) is 22.4 Å². The lowest BCUT2D eigenvalue weighted by Crippen LogP contribution is -2.47. The van der Waals surface area contributed by atoms with Crippen LogP contribution in [0.1, 0.15) is 49.5 Å². The summed E-state index contributed by atoms with van der Waals surface area (Å²) in [6.07, 6.45) is 6.56. The highest BCUT2D eigenvalue weighted by molar-refractivity contribution is 5.89. The van der Waals surface area contributed by atoms with E-state index in [0.717, 1.165) is 32.1 Å².